The maximum absolute atomic E-state index is 3.76. The summed E-state index contributed by atoms with van der Waals surface area (Å²) in [5, 5.41) is 12.3. The van der Waals surface area contributed by atoms with Gasteiger partial charge in [-0.3, -0.25) is 0 Å². The van der Waals surface area contributed by atoms with Crippen molar-refractivity contribution in [2.45, 2.75) is 13.8 Å². The summed E-state index contributed by atoms with van der Waals surface area (Å²) in [6, 6.07) is 34.2. The van der Waals surface area contributed by atoms with E-state index in [0.717, 1.165) is 22.7 Å². The molecule has 0 unspecified atom stereocenters. The molecule has 146 valence electrons. The van der Waals surface area contributed by atoms with Crippen molar-refractivity contribution < 1.29 is 0 Å². The van der Waals surface area contributed by atoms with E-state index in [0.29, 0.717) is 0 Å². The van der Waals surface area contributed by atoms with Gasteiger partial charge in [0.05, 0.1) is 17.1 Å². The van der Waals surface area contributed by atoms with Gasteiger partial charge in [-0.15, -0.1) is 0 Å². The van der Waals surface area contributed by atoms with E-state index in [1.54, 1.807) is 0 Å². The van der Waals surface area contributed by atoms with Gasteiger partial charge in [0.2, 0.25) is 0 Å². The smallest absolute Gasteiger partial charge is 0.0623 e. The molecule has 0 aliphatic carbocycles. The van der Waals surface area contributed by atoms with Crippen LogP contribution in [0, 0.1) is 13.8 Å². The van der Waals surface area contributed by atoms with E-state index in [9.17, 15) is 0 Å². The minimum Gasteiger partial charge on any atom is -0.353 e. The SMILES string of the molecule is Cc1cccc(C)c1Nc1ccccc1Nc1c2ccccc2cc2ccccc12. The molecular formula is C28H24N2. The van der Waals surface area contributed by atoms with Crippen molar-refractivity contribution >= 4 is 44.3 Å². The normalized spacial score (nSPS) is 11.0. The van der Waals surface area contributed by atoms with Gasteiger partial charge in [-0.1, -0.05) is 78.9 Å². The van der Waals surface area contributed by atoms with E-state index in [1.807, 2.05) is 0 Å². The van der Waals surface area contributed by atoms with Crippen molar-refractivity contribution in [3.05, 3.63) is 108 Å². The van der Waals surface area contributed by atoms with Crippen LogP contribution in [-0.2, 0) is 0 Å². The summed E-state index contributed by atoms with van der Waals surface area (Å²) in [6.45, 7) is 4.28. The van der Waals surface area contributed by atoms with Gasteiger partial charge >= 0.3 is 0 Å². The third-order valence-corrected chi connectivity index (χ3v) is 5.70. The van der Waals surface area contributed by atoms with Gasteiger partial charge < -0.3 is 10.6 Å². The molecule has 0 amide bonds. The molecule has 0 fully saturated rings. The Balaban J connectivity index is 1.64. The van der Waals surface area contributed by atoms with Crippen molar-refractivity contribution in [3.8, 4) is 0 Å². The fourth-order valence-electron chi connectivity index (χ4n) is 4.13. The molecule has 0 aliphatic heterocycles. The zero-order valence-corrected chi connectivity index (χ0v) is 17.2. The molecule has 0 aromatic heterocycles. The van der Waals surface area contributed by atoms with E-state index < -0.39 is 0 Å². The van der Waals surface area contributed by atoms with Crippen LogP contribution in [0.3, 0.4) is 0 Å². The fourth-order valence-corrected chi connectivity index (χ4v) is 4.13. The van der Waals surface area contributed by atoms with Gasteiger partial charge in [0, 0.05) is 16.5 Å². The van der Waals surface area contributed by atoms with Gasteiger partial charge in [0.1, 0.15) is 0 Å². The number of hydrogen-bond acceptors (Lipinski definition) is 2. The highest BCUT2D eigenvalue weighted by atomic mass is 15.0. The van der Waals surface area contributed by atoms with Crippen LogP contribution in [0.2, 0.25) is 0 Å². The standard InChI is InChI=1S/C28H24N2/c1-19-10-9-11-20(2)27(19)29-25-16-7-8-17-26(25)30-28-23-14-5-3-12-21(23)18-22-13-4-6-15-24(22)28/h3-18,29-30H,1-2H3. The number of anilines is 4. The summed E-state index contributed by atoms with van der Waals surface area (Å²) in [7, 11) is 0. The van der Waals surface area contributed by atoms with Crippen molar-refractivity contribution in [2.24, 2.45) is 0 Å². The molecule has 2 nitrogen and oxygen atoms in total. The number of benzene rings is 5. The van der Waals surface area contributed by atoms with Gasteiger partial charge in [-0.25, -0.2) is 0 Å². The fraction of sp³-hybridized carbons (Fsp3) is 0.0714. The topological polar surface area (TPSA) is 24.1 Å². The largest absolute Gasteiger partial charge is 0.353 e. The first-order valence-electron chi connectivity index (χ1n) is 10.3. The lowest BCUT2D eigenvalue weighted by Gasteiger charge is -2.19. The molecule has 0 saturated heterocycles. The summed E-state index contributed by atoms with van der Waals surface area (Å²) < 4.78 is 0. The lowest BCUT2D eigenvalue weighted by Crippen LogP contribution is -2.01. The number of fused-ring (bicyclic) bond motifs is 2. The molecule has 5 rings (SSSR count). The highest BCUT2D eigenvalue weighted by Crippen LogP contribution is 2.37. The molecule has 2 heteroatoms. The number of para-hydroxylation sites is 3. The minimum atomic E-state index is 1.06. The number of aryl methyl sites for hydroxylation is 2. The molecule has 2 N–H and O–H groups in total. The minimum absolute atomic E-state index is 1.06. The Morgan fingerprint density at radius 3 is 1.50 bits per heavy atom. The predicted octanol–water partition coefficient (Wildman–Crippen LogP) is 8.10. The maximum atomic E-state index is 3.76. The van der Waals surface area contributed by atoms with Gasteiger partial charge in [0.25, 0.3) is 0 Å². The Hall–Kier alpha value is -3.78. The predicted molar refractivity (Wildman–Crippen MR) is 130 cm³/mol. The Kier molecular flexibility index (Phi) is 4.61. The summed E-state index contributed by atoms with van der Waals surface area (Å²) in [5.74, 6) is 0. The lowest BCUT2D eigenvalue weighted by molar-refractivity contribution is 1.36. The molecule has 5 aromatic rings. The Bertz CT molecular complexity index is 1290. The van der Waals surface area contributed by atoms with Crippen molar-refractivity contribution in [3.63, 3.8) is 0 Å². The van der Waals surface area contributed by atoms with Gasteiger partial charge in [-0.05, 0) is 53.9 Å². The van der Waals surface area contributed by atoms with Crippen molar-refractivity contribution in [1.29, 1.82) is 0 Å². The molecule has 0 saturated carbocycles. The summed E-state index contributed by atoms with van der Waals surface area (Å²) in [4.78, 5) is 0. The van der Waals surface area contributed by atoms with Crippen LogP contribution in [0.25, 0.3) is 21.5 Å². The average Bonchev–Trinajstić information content (AvgIpc) is 2.77. The lowest BCUT2D eigenvalue weighted by atomic mass is 10.0. The van der Waals surface area contributed by atoms with Crippen LogP contribution in [0.4, 0.5) is 22.7 Å². The molecule has 0 bridgehead atoms. The van der Waals surface area contributed by atoms with E-state index in [1.165, 1.54) is 32.7 Å². The Morgan fingerprint density at radius 2 is 0.933 bits per heavy atom. The third-order valence-electron chi connectivity index (χ3n) is 5.70. The summed E-state index contributed by atoms with van der Waals surface area (Å²) >= 11 is 0. The zero-order chi connectivity index (χ0) is 20.5. The Morgan fingerprint density at radius 1 is 0.467 bits per heavy atom. The van der Waals surface area contributed by atoms with E-state index in [-0.39, 0.29) is 0 Å². The average molecular weight is 389 g/mol. The Labute approximate surface area is 177 Å². The molecule has 0 spiro atoms. The maximum Gasteiger partial charge on any atom is 0.0623 e. The van der Waals surface area contributed by atoms with E-state index in [2.05, 4.69) is 122 Å². The number of hydrogen-bond donors (Lipinski definition) is 2. The molecule has 0 aliphatic rings. The highest BCUT2D eigenvalue weighted by molar-refractivity contribution is 6.12. The third kappa shape index (κ3) is 3.27. The molecule has 0 heterocycles. The van der Waals surface area contributed by atoms with E-state index >= 15 is 0 Å². The van der Waals surface area contributed by atoms with Crippen molar-refractivity contribution in [1.82, 2.24) is 0 Å². The second kappa shape index (κ2) is 7.57. The second-order valence-corrected chi connectivity index (χ2v) is 7.76. The molecule has 30 heavy (non-hydrogen) atoms. The van der Waals surface area contributed by atoms with Crippen LogP contribution in [0.15, 0.2) is 97.1 Å². The quantitative estimate of drug-likeness (QED) is 0.304. The van der Waals surface area contributed by atoms with E-state index in [4.69, 9.17) is 0 Å². The van der Waals surface area contributed by atoms with Crippen LogP contribution in [0.1, 0.15) is 11.1 Å². The first-order chi connectivity index (χ1) is 14.7. The van der Waals surface area contributed by atoms with Gasteiger partial charge in [-0.2, -0.15) is 0 Å². The molecule has 0 radical (unpaired) electrons. The number of nitrogens with one attached hydrogen (secondary N) is 2. The molecule has 0 atom stereocenters. The zero-order valence-electron chi connectivity index (χ0n) is 17.2. The molecule has 5 aromatic carbocycles. The number of rotatable bonds is 4. The van der Waals surface area contributed by atoms with Crippen LogP contribution in [-0.4, -0.2) is 0 Å². The van der Waals surface area contributed by atoms with Crippen LogP contribution < -0.4 is 10.6 Å². The highest BCUT2D eigenvalue weighted by Gasteiger charge is 2.11. The first kappa shape index (κ1) is 18.3. The monoisotopic (exact) mass is 388 g/mol. The van der Waals surface area contributed by atoms with Gasteiger partial charge in [0.15, 0.2) is 0 Å². The first-order valence-corrected chi connectivity index (χ1v) is 10.3. The van der Waals surface area contributed by atoms with Crippen molar-refractivity contribution in [2.75, 3.05) is 10.6 Å². The molecular weight excluding hydrogens is 364 g/mol. The van der Waals surface area contributed by atoms with Crippen LogP contribution >= 0.6 is 0 Å². The summed E-state index contributed by atoms with van der Waals surface area (Å²) in [5.41, 5.74) is 6.89. The van der Waals surface area contributed by atoms with Crippen LogP contribution in [0.5, 0.6) is 0 Å². The summed E-state index contributed by atoms with van der Waals surface area (Å²) in [6.07, 6.45) is 0. The second-order valence-electron chi connectivity index (χ2n) is 7.76.